The summed E-state index contributed by atoms with van der Waals surface area (Å²) in [4.78, 5) is 39.8. The van der Waals surface area contributed by atoms with Crippen LogP contribution in [0.25, 0.3) is 0 Å². The minimum atomic E-state index is -0.842. The summed E-state index contributed by atoms with van der Waals surface area (Å²) in [5, 5.41) is 0. The molecule has 2 saturated heterocycles. The number of aliphatic imine (C=N–C) groups is 1. The summed E-state index contributed by atoms with van der Waals surface area (Å²) in [6.45, 7) is 10.9. The SMILES string of the molecule is CC(N)C1COCCO1.COC(=O)C(C(C)=NC(C)C1COCCO1)c1ccccc1Br.COC(=O)C(C(C)=O)c1ccccc1Br. The minimum Gasteiger partial charge on any atom is -0.468 e. The molecule has 0 saturated carbocycles. The van der Waals surface area contributed by atoms with Gasteiger partial charge in [0.2, 0.25) is 0 Å². The molecule has 11 nitrogen and oxygen atoms in total. The van der Waals surface area contributed by atoms with E-state index in [4.69, 9.17) is 29.4 Å². The van der Waals surface area contributed by atoms with Crippen molar-refractivity contribution in [3.8, 4) is 0 Å². The zero-order valence-electron chi connectivity index (χ0n) is 27.8. The highest BCUT2D eigenvalue weighted by molar-refractivity contribution is 9.10. The Morgan fingerprint density at radius 3 is 1.60 bits per heavy atom. The number of carbonyl (C=O) groups excluding carboxylic acids is 3. The molecule has 0 aromatic heterocycles. The number of halogens is 2. The maximum atomic E-state index is 12.3. The molecule has 0 bridgehead atoms. The number of carbonyl (C=O) groups is 3. The predicted molar refractivity (Wildman–Crippen MR) is 186 cm³/mol. The number of nitrogens with zero attached hydrogens (tertiary/aromatic N) is 1. The van der Waals surface area contributed by atoms with Crippen LogP contribution >= 0.6 is 31.9 Å². The second kappa shape index (κ2) is 21.5. The summed E-state index contributed by atoms with van der Waals surface area (Å²) in [6.07, 6.45) is 0.0231. The Morgan fingerprint density at radius 2 is 1.21 bits per heavy atom. The molecule has 260 valence electrons. The van der Waals surface area contributed by atoms with Crippen molar-refractivity contribution in [3.63, 3.8) is 0 Å². The molecule has 6 unspecified atom stereocenters. The number of rotatable bonds is 9. The highest BCUT2D eigenvalue weighted by Crippen LogP contribution is 2.28. The number of ketones is 1. The Bertz CT molecular complexity index is 1310. The highest BCUT2D eigenvalue weighted by Gasteiger charge is 2.29. The third kappa shape index (κ3) is 13.1. The summed E-state index contributed by atoms with van der Waals surface area (Å²) in [6, 6.07) is 14.7. The Hall–Kier alpha value is -2.52. The van der Waals surface area contributed by atoms with Gasteiger partial charge in [0.15, 0.2) is 0 Å². The van der Waals surface area contributed by atoms with Gasteiger partial charge in [0.1, 0.15) is 23.7 Å². The van der Waals surface area contributed by atoms with Crippen molar-refractivity contribution in [1.29, 1.82) is 0 Å². The lowest BCUT2D eigenvalue weighted by Crippen LogP contribution is -2.41. The second-order valence-corrected chi connectivity index (χ2v) is 12.6. The van der Waals surface area contributed by atoms with E-state index in [1.165, 1.54) is 21.1 Å². The molecule has 6 atom stereocenters. The van der Waals surface area contributed by atoms with Crippen molar-refractivity contribution in [2.75, 3.05) is 53.9 Å². The molecule has 4 rings (SSSR count). The largest absolute Gasteiger partial charge is 0.468 e. The zero-order valence-corrected chi connectivity index (χ0v) is 31.0. The molecule has 2 aliphatic heterocycles. The lowest BCUT2D eigenvalue weighted by Gasteiger charge is -2.27. The molecular weight excluding hydrogens is 740 g/mol. The monoisotopic (exact) mass is 784 g/mol. The molecule has 2 aromatic rings. The predicted octanol–water partition coefficient (Wildman–Crippen LogP) is 5.01. The first kappa shape index (κ1) is 40.7. The molecule has 0 amide bonds. The van der Waals surface area contributed by atoms with E-state index >= 15 is 0 Å². The molecular formula is C34H46Br2N2O9. The average Bonchev–Trinajstić information content (AvgIpc) is 3.07. The molecule has 2 N–H and O–H groups in total. The fraction of sp³-hybridized carbons (Fsp3) is 0.529. The van der Waals surface area contributed by atoms with Crippen molar-refractivity contribution in [2.24, 2.45) is 10.7 Å². The number of benzene rings is 2. The third-order valence-corrected chi connectivity index (χ3v) is 8.79. The van der Waals surface area contributed by atoms with Crippen LogP contribution < -0.4 is 5.73 Å². The number of nitrogens with two attached hydrogens (primary N) is 1. The molecule has 13 heteroatoms. The molecule has 2 heterocycles. The van der Waals surface area contributed by atoms with Crippen molar-refractivity contribution in [3.05, 3.63) is 68.6 Å². The van der Waals surface area contributed by atoms with Gasteiger partial charge in [-0.15, -0.1) is 0 Å². The van der Waals surface area contributed by atoms with E-state index in [2.05, 4.69) is 41.6 Å². The van der Waals surface area contributed by atoms with Gasteiger partial charge in [0, 0.05) is 20.7 Å². The summed E-state index contributed by atoms with van der Waals surface area (Å²) >= 11 is 6.80. The van der Waals surface area contributed by atoms with Gasteiger partial charge in [-0.05, 0) is 51.0 Å². The number of methoxy groups -OCH3 is 2. The fourth-order valence-electron chi connectivity index (χ4n) is 4.76. The topological polar surface area (TPSA) is 145 Å². The first-order valence-electron chi connectivity index (χ1n) is 15.3. The van der Waals surface area contributed by atoms with Crippen molar-refractivity contribution in [1.82, 2.24) is 0 Å². The van der Waals surface area contributed by atoms with Gasteiger partial charge in [-0.25, -0.2) is 0 Å². The molecule has 0 spiro atoms. The number of hydrogen-bond donors (Lipinski definition) is 1. The van der Waals surface area contributed by atoms with Crippen LogP contribution in [0.1, 0.15) is 50.7 Å². The maximum Gasteiger partial charge on any atom is 0.320 e. The van der Waals surface area contributed by atoms with Gasteiger partial charge in [0.25, 0.3) is 0 Å². The standard InChI is InChI=1S/C17H22BrNO4.C11H11BrO3.C6H13NO2/c1-11(15-10-22-8-9-23-15)19-12(2)16(17(20)21-3)13-6-4-5-7-14(13)18;1-7(13)10(11(14)15-2)8-5-3-4-6-9(8)12;1-5(7)6-4-8-2-3-9-6/h4-7,11,15-16H,8-10H2,1-3H3;3-6,10H,1-2H3;5-6H,2-4,7H2,1H3. The first-order chi connectivity index (χ1) is 22.4. The van der Waals surface area contributed by atoms with E-state index in [1.807, 2.05) is 51.1 Å². The van der Waals surface area contributed by atoms with Crippen LogP contribution in [0.5, 0.6) is 0 Å². The van der Waals surface area contributed by atoms with Gasteiger partial charge in [-0.2, -0.15) is 0 Å². The van der Waals surface area contributed by atoms with Crippen LogP contribution in [-0.2, 0) is 42.8 Å². The number of Topliss-reactive ketones (excluding diaryl/α,β-unsaturated/α-hetero) is 1. The highest BCUT2D eigenvalue weighted by atomic mass is 79.9. The quantitative estimate of drug-likeness (QED) is 0.209. The van der Waals surface area contributed by atoms with Crippen molar-refractivity contribution in [2.45, 2.75) is 63.8 Å². The molecule has 2 aromatic carbocycles. The Balaban J connectivity index is 0.000000273. The fourth-order valence-corrected chi connectivity index (χ4v) is 5.79. The van der Waals surface area contributed by atoms with Crippen LogP contribution in [0.15, 0.2) is 62.5 Å². The number of ether oxygens (including phenoxy) is 6. The smallest absolute Gasteiger partial charge is 0.320 e. The van der Waals surface area contributed by atoms with Gasteiger partial charge >= 0.3 is 11.9 Å². The van der Waals surface area contributed by atoms with E-state index in [0.29, 0.717) is 50.9 Å². The molecule has 0 aliphatic carbocycles. The van der Waals surface area contributed by atoms with Crippen LogP contribution in [-0.4, -0.2) is 102 Å². The zero-order chi connectivity index (χ0) is 34.9. The van der Waals surface area contributed by atoms with Gasteiger partial charge in [-0.3, -0.25) is 19.4 Å². The number of esters is 2. The van der Waals surface area contributed by atoms with E-state index in [1.54, 1.807) is 18.2 Å². The van der Waals surface area contributed by atoms with Crippen LogP contribution in [0, 0.1) is 0 Å². The summed E-state index contributed by atoms with van der Waals surface area (Å²) in [5.74, 6) is -2.47. The lowest BCUT2D eigenvalue weighted by atomic mass is 9.94. The van der Waals surface area contributed by atoms with Crippen molar-refractivity contribution < 1.29 is 42.8 Å². The molecule has 2 fully saturated rings. The molecule has 0 radical (unpaired) electrons. The van der Waals surface area contributed by atoms with E-state index < -0.39 is 17.8 Å². The molecule has 2 aliphatic rings. The van der Waals surface area contributed by atoms with Crippen LogP contribution in [0.3, 0.4) is 0 Å². The van der Waals surface area contributed by atoms with E-state index in [-0.39, 0.29) is 36.0 Å². The van der Waals surface area contributed by atoms with E-state index in [0.717, 1.165) is 14.5 Å². The second-order valence-electron chi connectivity index (χ2n) is 10.9. The van der Waals surface area contributed by atoms with E-state index in [9.17, 15) is 14.4 Å². The number of hydrogen-bond acceptors (Lipinski definition) is 11. The Morgan fingerprint density at radius 1 is 0.766 bits per heavy atom. The van der Waals surface area contributed by atoms with Crippen molar-refractivity contribution >= 4 is 55.3 Å². The first-order valence-corrected chi connectivity index (χ1v) is 16.8. The normalized spacial score (nSPS) is 20.5. The summed E-state index contributed by atoms with van der Waals surface area (Å²) in [7, 11) is 2.66. The average molecular weight is 787 g/mol. The maximum absolute atomic E-state index is 12.3. The van der Waals surface area contributed by atoms with Crippen LogP contribution in [0.2, 0.25) is 0 Å². The Labute approximate surface area is 294 Å². The summed E-state index contributed by atoms with van der Waals surface area (Å²) in [5.41, 5.74) is 7.74. The minimum absolute atomic E-state index is 0.0868. The Kier molecular flexibility index (Phi) is 18.6. The van der Waals surface area contributed by atoms with Crippen LogP contribution in [0.4, 0.5) is 0 Å². The lowest BCUT2D eigenvalue weighted by molar-refractivity contribution is -0.145. The molecule has 47 heavy (non-hydrogen) atoms. The summed E-state index contributed by atoms with van der Waals surface area (Å²) < 4.78 is 32.7. The van der Waals surface area contributed by atoms with Gasteiger partial charge < -0.3 is 34.2 Å². The van der Waals surface area contributed by atoms with Gasteiger partial charge in [0.05, 0.1) is 66.0 Å². The third-order valence-electron chi connectivity index (χ3n) is 7.35. The van der Waals surface area contributed by atoms with Gasteiger partial charge in [-0.1, -0.05) is 68.3 Å².